The first-order valence-electron chi connectivity index (χ1n) is 9.67. The summed E-state index contributed by atoms with van der Waals surface area (Å²) in [5.74, 6) is 0. The quantitative estimate of drug-likeness (QED) is 0.300. The van der Waals surface area contributed by atoms with E-state index in [1.54, 1.807) is 0 Å². The van der Waals surface area contributed by atoms with Crippen LogP contribution in [0.2, 0.25) is 0 Å². The Morgan fingerprint density at radius 3 is 2.11 bits per heavy atom. The second kappa shape index (κ2) is 6.61. The van der Waals surface area contributed by atoms with Crippen molar-refractivity contribution in [1.29, 1.82) is 0 Å². The first kappa shape index (κ1) is 16.7. The monoisotopic (exact) mass is 359 g/mol. The van der Waals surface area contributed by atoms with Crippen LogP contribution in [-0.4, -0.2) is 4.98 Å². The lowest BCUT2D eigenvalue weighted by atomic mass is 9.90. The van der Waals surface area contributed by atoms with Gasteiger partial charge in [0.1, 0.15) is 0 Å². The van der Waals surface area contributed by atoms with Crippen LogP contribution in [0.25, 0.3) is 44.1 Å². The van der Waals surface area contributed by atoms with Crippen molar-refractivity contribution in [1.82, 2.24) is 4.98 Å². The lowest BCUT2D eigenvalue weighted by molar-refractivity contribution is 1.33. The Morgan fingerprint density at radius 2 is 1.32 bits per heavy atom. The maximum atomic E-state index is 5.10. The molecule has 0 unspecified atom stereocenters. The maximum Gasteiger partial charge on any atom is 0.0745 e. The van der Waals surface area contributed by atoms with Gasteiger partial charge in [-0.25, -0.2) is 4.98 Å². The van der Waals surface area contributed by atoms with Crippen LogP contribution in [-0.2, 0) is 0 Å². The standard InChI is InChI=1S/C27H21N/c1-18-12-14-21(15-13-18)25-19(2)27(22-9-4-3-5-10-22)28-24-17-16-20-8-6-7-11-23(20)26(24)25/h3-17H,1-2H3. The molecule has 5 rings (SSSR count). The van der Waals surface area contributed by atoms with Crippen LogP contribution in [0.1, 0.15) is 11.1 Å². The Kier molecular flexibility index (Phi) is 3.95. The van der Waals surface area contributed by atoms with E-state index in [-0.39, 0.29) is 0 Å². The summed E-state index contributed by atoms with van der Waals surface area (Å²) in [6, 6.07) is 32.2. The molecule has 28 heavy (non-hydrogen) atoms. The molecule has 0 spiro atoms. The topological polar surface area (TPSA) is 12.9 Å². The van der Waals surface area contributed by atoms with Crippen molar-refractivity contribution in [3.63, 3.8) is 0 Å². The fourth-order valence-electron chi connectivity index (χ4n) is 4.08. The summed E-state index contributed by atoms with van der Waals surface area (Å²) >= 11 is 0. The number of nitrogens with zero attached hydrogens (tertiary/aromatic N) is 1. The molecule has 0 fully saturated rings. The first-order chi connectivity index (χ1) is 13.7. The highest BCUT2D eigenvalue weighted by Gasteiger charge is 2.16. The highest BCUT2D eigenvalue weighted by atomic mass is 14.7. The van der Waals surface area contributed by atoms with Crippen molar-refractivity contribution >= 4 is 21.7 Å². The zero-order chi connectivity index (χ0) is 19.1. The molecule has 0 atom stereocenters. The van der Waals surface area contributed by atoms with Crippen LogP contribution in [0.3, 0.4) is 0 Å². The molecule has 4 aromatic carbocycles. The van der Waals surface area contributed by atoms with E-state index in [0.29, 0.717) is 0 Å². The van der Waals surface area contributed by atoms with Gasteiger partial charge in [-0.05, 0) is 47.4 Å². The molecule has 0 aliphatic rings. The predicted molar refractivity (Wildman–Crippen MR) is 120 cm³/mol. The third-order valence-electron chi connectivity index (χ3n) is 5.51. The number of rotatable bonds is 2. The number of aromatic nitrogens is 1. The Morgan fingerprint density at radius 1 is 0.607 bits per heavy atom. The maximum absolute atomic E-state index is 5.10. The summed E-state index contributed by atoms with van der Waals surface area (Å²) in [5.41, 5.74) is 8.26. The number of benzene rings is 4. The molecule has 0 saturated heterocycles. The summed E-state index contributed by atoms with van der Waals surface area (Å²) in [7, 11) is 0. The van der Waals surface area contributed by atoms with E-state index in [0.717, 1.165) is 16.8 Å². The van der Waals surface area contributed by atoms with Crippen LogP contribution in [0.15, 0.2) is 91.0 Å². The molecule has 0 amide bonds. The molecule has 0 N–H and O–H groups in total. The third-order valence-corrected chi connectivity index (χ3v) is 5.51. The Balaban J connectivity index is 1.96. The molecular formula is C27H21N. The SMILES string of the molecule is Cc1ccc(-c2c(C)c(-c3ccccc3)nc3ccc4ccccc4c23)cc1. The molecule has 0 aliphatic heterocycles. The fourth-order valence-corrected chi connectivity index (χ4v) is 4.08. The van der Waals surface area contributed by atoms with Crippen molar-refractivity contribution < 1.29 is 0 Å². The largest absolute Gasteiger partial charge is 0.247 e. The third kappa shape index (κ3) is 2.68. The summed E-state index contributed by atoms with van der Waals surface area (Å²) in [5, 5.41) is 3.74. The molecule has 5 aromatic rings. The van der Waals surface area contributed by atoms with Gasteiger partial charge in [-0.15, -0.1) is 0 Å². The Bertz CT molecular complexity index is 1300. The van der Waals surface area contributed by atoms with Crippen molar-refractivity contribution in [2.75, 3.05) is 0 Å². The van der Waals surface area contributed by atoms with Gasteiger partial charge in [0.15, 0.2) is 0 Å². The average Bonchev–Trinajstić information content (AvgIpc) is 2.75. The lowest BCUT2D eigenvalue weighted by Crippen LogP contribution is -1.96. The minimum atomic E-state index is 1.04. The second-order valence-electron chi connectivity index (χ2n) is 7.37. The van der Waals surface area contributed by atoms with Crippen LogP contribution >= 0.6 is 0 Å². The van der Waals surface area contributed by atoms with E-state index in [4.69, 9.17) is 4.98 Å². The minimum Gasteiger partial charge on any atom is -0.247 e. The van der Waals surface area contributed by atoms with Crippen LogP contribution in [0.5, 0.6) is 0 Å². The molecular weight excluding hydrogens is 338 g/mol. The highest BCUT2D eigenvalue weighted by molar-refractivity contribution is 6.14. The minimum absolute atomic E-state index is 1.04. The highest BCUT2D eigenvalue weighted by Crippen LogP contribution is 2.39. The fraction of sp³-hybridized carbons (Fsp3) is 0.0741. The van der Waals surface area contributed by atoms with Gasteiger partial charge in [0, 0.05) is 10.9 Å². The molecule has 0 aliphatic carbocycles. The van der Waals surface area contributed by atoms with Gasteiger partial charge < -0.3 is 0 Å². The number of aryl methyl sites for hydroxylation is 1. The van der Waals surface area contributed by atoms with E-state index < -0.39 is 0 Å². The van der Waals surface area contributed by atoms with Crippen molar-refractivity contribution in [3.05, 3.63) is 102 Å². The second-order valence-corrected chi connectivity index (χ2v) is 7.37. The number of hydrogen-bond donors (Lipinski definition) is 0. The summed E-state index contributed by atoms with van der Waals surface area (Å²) in [4.78, 5) is 5.10. The molecule has 0 bridgehead atoms. The molecule has 0 radical (unpaired) electrons. The van der Waals surface area contributed by atoms with Crippen LogP contribution in [0, 0.1) is 13.8 Å². The average molecular weight is 359 g/mol. The zero-order valence-corrected chi connectivity index (χ0v) is 16.1. The van der Waals surface area contributed by atoms with Crippen molar-refractivity contribution in [2.45, 2.75) is 13.8 Å². The molecule has 0 saturated carbocycles. The van der Waals surface area contributed by atoms with Crippen LogP contribution < -0.4 is 0 Å². The van der Waals surface area contributed by atoms with E-state index >= 15 is 0 Å². The normalized spacial score (nSPS) is 11.2. The van der Waals surface area contributed by atoms with Crippen LogP contribution in [0.4, 0.5) is 0 Å². The van der Waals surface area contributed by atoms with Gasteiger partial charge in [-0.2, -0.15) is 0 Å². The van der Waals surface area contributed by atoms with Gasteiger partial charge in [-0.3, -0.25) is 0 Å². The number of hydrogen-bond acceptors (Lipinski definition) is 1. The molecule has 1 heterocycles. The Labute approximate surface area is 165 Å². The van der Waals surface area contributed by atoms with E-state index in [9.17, 15) is 0 Å². The van der Waals surface area contributed by atoms with Gasteiger partial charge in [0.25, 0.3) is 0 Å². The summed E-state index contributed by atoms with van der Waals surface area (Å²) in [6.07, 6.45) is 0. The molecule has 1 nitrogen and oxygen atoms in total. The van der Waals surface area contributed by atoms with Gasteiger partial charge in [-0.1, -0.05) is 90.5 Å². The Hall–Kier alpha value is -3.45. The van der Waals surface area contributed by atoms with E-state index in [1.165, 1.54) is 38.4 Å². The molecule has 134 valence electrons. The predicted octanol–water partition coefficient (Wildman–Crippen LogP) is 7.34. The summed E-state index contributed by atoms with van der Waals surface area (Å²) in [6.45, 7) is 4.33. The first-order valence-corrected chi connectivity index (χ1v) is 9.67. The molecule has 1 aromatic heterocycles. The van der Waals surface area contributed by atoms with E-state index in [2.05, 4.69) is 98.8 Å². The van der Waals surface area contributed by atoms with Gasteiger partial charge in [0.05, 0.1) is 11.2 Å². The van der Waals surface area contributed by atoms with Gasteiger partial charge in [0.2, 0.25) is 0 Å². The van der Waals surface area contributed by atoms with Gasteiger partial charge >= 0.3 is 0 Å². The number of pyridine rings is 1. The van der Waals surface area contributed by atoms with Crippen molar-refractivity contribution in [3.8, 4) is 22.4 Å². The smallest absolute Gasteiger partial charge is 0.0745 e. The van der Waals surface area contributed by atoms with E-state index in [1.807, 2.05) is 6.07 Å². The lowest BCUT2D eigenvalue weighted by Gasteiger charge is -2.17. The van der Waals surface area contributed by atoms with Crippen molar-refractivity contribution in [2.24, 2.45) is 0 Å². The summed E-state index contributed by atoms with van der Waals surface area (Å²) < 4.78 is 0. The number of fused-ring (bicyclic) bond motifs is 3. The molecule has 1 heteroatoms. The zero-order valence-electron chi connectivity index (χ0n) is 16.1.